The highest BCUT2D eigenvalue weighted by Crippen LogP contribution is 2.26. The second-order valence-corrected chi connectivity index (χ2v) is 6.34. The number of nitrogens with zero attached hydrogens (tertiary/aromatic N) is 1. The van der Waals surface area contributed by atoms with Crippen LogP contribution in [0.5, 0.6) is 5.75 Å². The smallest absolute Gasteiger partial charge is 0.131 e. The second kappa shape index (κ2) is 6.37. The molecule has 0 aliphatic rings. The van der Waals surface area contributed by atoms with E-state index in [1.54, 1.807) is 11.3 Å². The first kappa shape index (κ1) is 15.0. The van der Waals surface area contributed by atoms with E-state index in [1.165, 1.54) is 5.56 Å². The minimum Gasteiger partial charge on any atom is -0.487 e. The van der Waals surface area contributed by atoms with Crippen LogP contribution >= 0.6 is 11.3 Å². The van der Waals surface area contributed by atoms with Crippen molar-refractivity contribution in [1.82, 2.24) is 4.98 Å². The molecule has 0 aliphatic carbocycles. The fourth-order valence-electron chi connectivity index (χ4n) is 1.96. The van der Waals surface area contributed by atoms with Crippen LogP contribution in [0.4, 0.5) is 0 Å². The highest BCUT2D eigenvalue weighted by atomic mass is 32.1. The molecule has 108 valence electrons. The second-order valence-electron chi connectivity index (χ2n) is 5.45. The molecule has 0 radical (unpaired) electrons. The van der Waals surface area contributed by atoms with Gasteiger partial charge in [0.05, 0.1) is 10.7 Å². The van der Waals surface area contributed by atoms with Gasteiger partial charge in [0.25, 0.3) is 0 Å². The number of hydrogen-bond donors (Lipinski definition) is 1. The summed E-state index contributed by atoms with van der Waals surface area (Å²) < 4.78 is 5.90. The predicted molar refractivity (Wildman–Crippen MR) is 84.3 cm³/mol. The van der Waals surface area contributed by atoms with E-state index in [0.717, 1.165) is 22.0 Å². The van der Waals surface area contributed by atoms with Crippen LogP contribution in [0.2, 0.25) is 0 Å². The third kappa shape index (κ3) is 3.58. The maximum atomic E-state index is 6.00. The van der Waals surface area contributed by atoms with Gasteiger partial charge in [-0.05, 0) is 19.9 Å². The highest BCUT2D eigenvalue weighted by molar-refractivity contribution is 7.09. The number of hydrogen-bond acceptors (Lipinski definition) is 4. The fraction of sp³-hybridized carbons (Fsp3) is 0.438. The van der Waals surface area contributed by atoms with Gasteiger partial charge >= 0.3 is 0 Å². The van der Waals surface area contributed by atoms with Gasteiger partial charge < -0.3 is 10.5 Å². The van der Waals surface area contributed by atoms with E-state index in [9.17, 15) is 0 Å². The van der Waals surface area contributed by atoms with Crippen molar-refractivity contribution < 1.29 is 4.74 Å². The van der Waals surface area contributed by atoms with Crippen molar-refractivity contribution in [1.29, 1.82) is 0 Å². The fourth-order valence-corrected chi connectivity index (χ4v) is 2.78. The lowest BCUT2D eigenvalue weighted by atomic mass is 10.1. The van der Waals surface area contributed by atoms with Gasteiger partial charge in [0, 0.05) is 22.9 Å². The van der Waals surface area contributed by atoms with Gasteiger partial charge in [-0.3, -0.25) is 0 Å². The number of rotatable bonds is 5. The third-order valence-electron chi connectivity index (χ3n) is 3.09. The molecule has 2 aromatic rings. The summed E-state index contributed by atoms with van der Waals surface area (Å²) in [6, 6.07) is 6.08. The van der Waals surface area contributed by atoms with E-state index in [2.05, 4.69) is 37.2 Å². The monoisotopic (exact) mass is 290 g/mol. The van der Waals surface area contributed by atoms with Gasteiger partial charge in [0.1, 0.15) is 12.4 Å². The Balaban J connectivity index is 2.10. The van der Waals surface area contributed by atoms with Crippen LogP contribution in [-0.2, 0) is 6.61 Å². The Kier molecular flexibility index (Phi) is 4.78. The summed E-state index contributed by atoms with van der Waals surface area (Å²) in [6.45, 7) is 8.83. The van der Waals surface area contributed by atoms with E-state index >= 15 is 0 Å². The van der Waals surface area contributed by atoms with Crippen LogP contribution < -0.4 is 10.5 Å². The summed E-state index contributed by atoms with van der Waals surface area (Å²) in [5.41, 5.74) is 9.22. The molecule has 0 amide bonds. The van der Waals surface area contributed by atoms with Crippen molar-refractivity contribution in [2.75, 3.05) is 0 Å². The zero-order chi connectivity index (χ0) is 14.7. The summed E-state index contributed by atoms with van der Waals surface area (Å²) in [7, 11) is 0. The molecule has 0 aliphatic heterocycles. The molecule has 0 bridgehead atoms. The predicted octanol–water partition coefficient (Wildman–Crippen LogP) is 4.17. The number of benzene rings is 1. The normalized spacial score (nSPS) is 12.7. The first-order valence-electron chi connectivity index (χ1n) is 6.90. The number of ether oxygens (including phenoxy) is 1. The Morgan fingerprint density at radius 3 is 2.65 bits per heavy atom. The molecule has 0 spiro atoms. The molecule has 1 unspecified atom stereocenters. The van der Waals surface area contributed by atoms with Crippen LogP contribution in [0.15, 0.2) is 23.6 Å². The molecule has 2 N–H and O–H groups in total. The molecule has 3 nitrogen and oxygen atoms in total. The van der Waals surface area contributed by atoms with E-state index < -0.39 is 0 Å². The molecule has 0 saturated heterocycles. The summed E-state index contributed by atoms with van der Waals surface area (Å²) >= 11 is 1.69. The summed E-state index contributed by atoms with van der Waals surface area (Å²) in [4.78, 5) is 4.58. The third-order valence-corrected chi connectivity index (χ3v) is 4.29. The van der Waals surface area contributed by atoms with Gasteiger partial charge in [0.2, 0.25) is 0 Å². The Bertz CT molecular complexity index is 576. The Hall–Kier alpha value is -1.39. The molecule has 1 atom stereocenters. The maximum Gasteiger partial charge on any atom is 0.131 e. The van der Waals surface area contributed by atoms with E-state index in [1.807, 2.05) is 19.1 Å². The lowest BCUT2D eigenvalue weighted by Gasteiger charge is -2.14. The SMILES string of the molecule is Cc1ccc(OCc2csc(C(C)C)n2)c(C(C)N)c1. The topological polar surface area (TPSA) is 48.1 Å². The van der Waals surface area contributed by atoms with Gasteiger partial charge in [-0.15, -0.1) is 11.3 Å². The first-order valence-corrected chi connectivity index (χ1v) is 7.78. The number of aryl methyl sites for hydroxylation is 1. The van der Waals surface area contributed by atoms with Crippen LogP contribution in [0.25, 0.3) is 0 Å². The van der Waals surface area contributed by atoms with Crippen molar-refractivity contribution in [3.8, 4) is 5.75 Å². The van der Waals surface area contributed by atoms with Gasteiger partial charge in [0.15, 0.2) is 0 Å². The zero-order valence-corrected chi connectivity index (χ0v) is 13.3. The van der Waals surface area contributed by atoms with Crippen molar-refractivity contribution in [3.63, 3.8) is 0 Å². The minimum atomic E-state index is -0.0356. The lowest BCUT2D eigenvalue weighted by Crippen LogP contribution is -2.08. The van der Waals surface area contributed by atoms with Crippen LogP contribution in [0, 0.1) is 6.92 Å². The molecule has 20 heavy (non-hydrogen) atoms. The Labute approximate surface area is 124 Å². The molecule has 1 aromatic carbocycles. The van der Waals surface area contributed by atoms with E-state index in [4.69, 9.17) is 10.5 Å². The first-order chi connectivity index (χ1) is 9.47. The van der Waals surface area contributed by atoms with Gasteiger partial charge in [-0.25, -0.2) is 4.98 Å². The average molecular weight is 290 g/mol. The molecule has 0 saturated carbocycles. The Morgan fingerprint density at radius 2 is 2.05 bits per heavy atom. The molecule has 1 aromatic heterocycles. The average Bonchev–Trinajstić information content (AvgIpc) is 2.86. The minimum absolute atomic E-state index is 0.0356. The van der Waals surface area contributed by atoms with Crippen molar-refractivity contribution in [3.05, 3.63) is 45.4 Å². The molecular weight excluding hydrogens is 268 g/mol. The van der Waals surface area contributed by atoms with Crippen LogP contribution in [0.1, 0.15) is 54.6 Å². The van der Waals surface area contributed by atoms with Crippen molar-refractivity contribution in [2.45, 2.75) is 46.3 Å². The molecule has 1 heterocycles. The highest BCUT2D eigenvalue weighted by Gasteiger charge is 2.10. The molecule has 4 heteroatoms. The Morgan fingerprint density at radius 1 is 1.30 bits per heavy atom. The lowest BCUT2D eigenvalue weighted by molar-refractivity contribution is 0.297. The van der Waals surface area contributed by atoms with Crippen molar-refractivity contribution in [2.24, 2.45) is 5.73 Å². The van der Waals surface area contributed by atoms with Crippen LogP contribution in [0.3, 0.4) is 0 Å². The zero-order valence-electron chi connectivity index (χ0n) is 12.5. The van der Waals surface area contributed by atoms with Crippen molar-refractivity contribution >= 4 is 11.3 Å². The largest absolute Gasteiger partial charge is 0.487 e. The summed E-state index contributed by atoms with van der Waals surface area (Å²) in [5.74, 6) is 1.32. The number of aromatic nitrogens is 1. The quantitative estimate of drug-likeness (QED) is 0.899. The molecule has 0 fully saturated rings. The molecular formula is C16H22N2OS. The van der Waals surface area contributed by atoms with E-state index in [0.29, 0.717) is 12.5 Å². The molecule has 2 rings (SSSR count). The van der Waals surface area contributed by atoms with Crippen LogP contribution in [-0.4, -0.2) is 4.98 Å². The number of nitrogens with two attached hydrogens (primary N) is 1. The van der Waals surface area contributed by atoms with Gasteiger partial charge in [-0.1, -0.05) is 31.5 Å². The summed E-state index contributed by atoms with van der Waals surface area (Å²) in [5, 5.41) is 3.22. The maximum absolute atomic E-state index is 6.00. The van der Waals surface area contributed by atoms with Gasteiger partial charge in [-0.2, -0.15) is 0 Å². The standard InChI is InChI=1S/C16H22N2OS/c1-10(2)16-18-13(9-20-16)8-19-15-6-5-11(3)7-14(15)12(4)17/h5-7,9-10,12H,8,17H2,1-4H3. The number of thiazole rings is 1. The van der Waals surface area contributed by atoms with E-state index in [-0.39, 0.29) is 6.04 Å². The summed E-state index contributed by atoms with van der Waals surface area (Å²) in [6.07, 6.45) is 0.